The van der Waals surface area contributed by atoms with Crippen molar-refractivity contribution >= 4 is 34.8 Å². The summed E-state index contributed by atoms with van der Waals surface area (Å²) in [6, 6.07) is 5.50. The Balaban J connectivity index is 0.00000146. The van der Waals surface area contributed by atoms with Crippen LogP contribution in [0.4, 0.5) is 0 Å². The SMILES string of the molecule is CC.CC.CCC(OCC1=CCC=C(C)C=C1Cl)c1ccc(Cl)cc1Cl. The molecule has 0 N–H and O–H groups in total. The van der Waals surface area contributed by atoms with Crippen LogP contribution in [-0.4, -0.2) is 6.61 Å². The van der Waals surface area contributed by atoms with Gasteiger partial charge in [-0.25, -0.2) is 0 Å². The Kier molecular flexibility index (Phi) is 13.9. The highest BCUT2D eigenvalue weighted by molar-refractivity contribution is 6.35. The molecule has 1 nitrogen and oxygen atoms in total. The van der Waals surface area contributed by atoms with Crippen molar-refractivity contribution < 1.29 is 4.74 Å². The first-order valence-electron chi connectivity index (χ1n) is 9.31. The topological polar surface area (TPSA) is 9.23 Å². The van der Waals surface area contributed by atoms with Crippen LogP contribution in [0.1, 0.15) is 66.1 Å². The van der Waals surface area contributed by atoms with Crippen LogP contribution in [0.15, 0.2) is 52.6 Å². The van der Waals surface area contributed by atoms with Gasteiger partial charge in [0.1, 0.15) is 0 Å². The van der Waals surface area contributed by atoms with E-state index in [9.17, 15) is 0 Å². The zero-order valence-corrected chi connectivity index (χ0v) is 19.0. The fourth-order valence-corrected chi connectivity index (χ4v) is 3.18. The lowest BCUT2D eigenvalue weighted by atomic mass is 10.1. The lowest BCUT2D eigenvalue weighted by Crippen LogP contribution is -2.07. The summed E-state index contributed by atoms with van der Waals surface area (Å²) in [6.07, 6.45) is 7.84. The molecule has 0 bridgehead atoms. The van der Waals surface area contributed by atoms with Gasteiger partial charge in [0.2, 0.25) is 0 Å². The monoisotopic (exact) mass is 416 g/mol. The minimum atomic E-state index is -0.0764. The molecular weight excluding hydrogens is 387 g/mol. The summed E-state index contributed by atoms with van der Waals surface area (Å²) < 4.78 is 6.05. The van der Waals surface area contributed by atoms with Crippen LogP contribution in [0.3, 0.4) is 0 Å². The highest BCUT2D eigenvalue weighted by Crippen LogP contribution is 2.32. The second-order valence-corrected chi connectivity index (χ2v) is 6.53. The smallest absolute Gasteiger partial charge is 0.0841 e. The largest absolute Gasteiger partial charge is 0.369 e. The number of hydrogen-bond donors (Lipinski definition) is 0. The molecular formula is C22H31Cl3O. The lowest BCUT2D eigenvalue weighted by molar-refractivity contribution is 0.0678. The predicted molar refractivity (Wildman–Crippen MR) is 119 cm³/mol. The normalized spacial score (nSPS) is 14.4. The van der Waals surface area contributed by atoms with Crippen LogP contribution in [-0.2, 0) is 4.74 Å². The Morgan fingerprint density at radius 2 is 1.69 bits per heavy atom. The Morgan fingerprint density at radius 3 is 2.27 bits per heavy atom. The van der Waals surface area contributed by atoms with Crippen molar-refractivity contribution in [2.24, 2.45) is 0 Å². The number of hydrogen-bond acceptors (Lipinski definition) is 1. The number of allylic oxidation sites excluding steroid dienone is 4. The zero-order chi connectivity index (χ0) is 20.1. The molecule has 0 amide bonds. The Hall–Kier alpha value is -0.730. The van der Waals surface area contributed by atoms with E-state index in [4.69, 9.17) is 39.5 Å². The molecule has 4 heteroatoms. The first kappa shape index (κ1) is 25.3. The average molecular weight is 418 g/mol. The van der Waals surface area contributed by atoms with E-state index in [1.807, 2.05) is 52.8 Å². The maximum atomic E-state index is 6.34. The van der Waals surface area contributed by atoms with E-state index >= 15 is 0 Å². The Bertz CT molecular complexity index is 630. The third-order valence-electron chi connectivity index (χ3n) is 3.59. The van der Waals surface area contributed by atoms with Crippen molar-refractivity contribution in [2.45, 2.75) is 60.5 Å². The van der Waals surface area contributed by atoms with E-state index in [1.165, 1.54) is 5.57 Å². The maximum absolute atomic E-state index is 6.34. The van der Waals surface area contributed by atoms with Gasteiger partial charge in [-0.15, -0.1) is 0 Å². The maximum Gasteiger partial charge on any atom is 0.0841 e. The van der Waals surface area contributed by atoms with E-state index in [0.717, 1.165) is 29.0 Å². The van der Waals surface area contributed by atoms with E-state index in [-0.39, 0.29) is 6.10 Å². The van der Waals surface area contributed by atoms with Crippen molar-refractivity contribution in [3.63, 3.8) is 0 Å². The molecule has 0 spiro atoms. The molecule has 0 heterocycles. The molecule has 1 unspecified atom stereocenters. The first-order valence-corrected chi connectivity index (χ1v) is 10.4. The lowest BCUT2D eigenvalue weighted by Gasteiger charge is -2.19. The molecule has 0 aliphatic heterocycles. The van der Waals surface area contributed by atoms with Crippen molar-refractivity contribution in [2.75, 3.05) is 6.61 Å². The third kappa shape index (κ3) is 8.31. The van der Waals surface area contributed by atoms with Gasteiger partial charge in [-0.05, 0) is 49.1 Å². The second kappa shape index (κ2) is 14.3. The van der Waals surface area contributed by atoms with Gasteiger partial charge in [0.05, 0.1) is 12.7 Å². The van der Waals surface area contributed by atoms with Gasteiger partial charge in [-0.3, -0.25) is 0 Å². The fourth-order valence-electron chi connectivity index (χ4n) is 2.34. The summed E-state index contributed by atoms with van der Waals surface area (Å²) in [5, 5.41) is 2.00. The van der Waals surface area contributed by atoms with Crippen LogP contribution in [0.2, 0.25) is 10.0 Å². The molecule has 26 heavy (non-hydrogen) atoms. The summed E-state index contributed by atoms with van der Waals surface area (Å²) in [4.78, 5) is 0. The van der Waals surface area contributed by atoms with Gasteiger partial charge in [-0.2, -0.15) is 0 Å². The van der Waals surface area contributed by atoms with Crippen molar-refractivity contribution in [1.29, 1.82) is 0 Å². The molecule has 1 aliphatic carbocycles. The molecule has 0 fully saturated rings. The summed E-state index contributed by atoms with van der Waals surface area (Å²) in [5.74, 6) is 0. The van der Waals surface area contributed by atoms with Crippen molar-refractivity contribution in [1.82, 2.24) is 0 Å². The first-order chi connectivity index (χ1) is 12.5. The predicted octanol–water partition coefficient (Wildman–Crippen LogP) is 8.91. The van der Waals surface area contributed by atoms with E-state index in [1.54, 1.807) is 6.07 Å². The number of rotatable bonds is 5. The Labute approximate surface area is 174 Å². The molecule has 0 aromatic heterocycles. The summed E-state index contributed by atoms with van der Waals surface area (Å²) in [5.41, 5.74) is 3.14. The van der Waals surface area contributed by atoms with Gasteiger partial charge in [0, 0.05) is 15.1 Å². The number of ether oxygens (including phenoxy) is 1. The molecule has 0 saturated heterocycles. The highest BCUT2D eigenvalue weighted by atomic mass is 35.5. The van der Waals surface area contributed by atoms with E-state index < -0.39 is 0 Å². The third-order valence-corrected chi connectivity index (χ3v) is 4.50. The second-order valence-electron chi connectivity index (χ2n) is 5.28. The van der Waals surface area contributed by atoms with Gasteiger partial charge >= 0.3 is 0 Å². The highest BCUT2D eigenvalue weighted by Gasteiger charge is 2.15. The van der Waals surface area contributed by atoms with Crippen LogP contribution in [0, 0.1) is 0 Å². The molecule has 1 aliphatic rings. The van der Waals surface area contributed by atoms with Gasteiger partial charge in [0.15, 0.2) is 0 Å². The van der Waals surface area contributed by atoms with Gasteiger partial charge in [0.25, 0.3) is 0 Å². The average Bonchev–Trinajstić information content (AvgIpc) is 2.80. The van der Waals surface area contributed by atoms with Crippen molar-refractivity contribution in [3.05, 3.63) is 68.2 Å². The summed E-state index contributed by atoms with van der Waals surface area (Å²) in [7, 11) is 0. The van der Waals surface area contributed by atoms with Crippen LogP contribution in [0.25, 0.3) is 0 Å². The number of halogens is 3. The minimum Gasteiger partial charge on any atom is -0.369 e. The van der Waals surface area contributed by atoms with Crippen LogP contribution < -0.4 is 0 Å². The van der Waals surface area contributed by atoms with E-state index in [0.29, 0.717) is 16.7 Å². The molecule has 146 valence electrons. The van der Waals surface area contributed by atoms with Gasteiger partial charge in [-0.1, -0.05) is 93.2 Å². The zero-order valence-electron chi connectivity index (χ0n) is 16.7. The quantitative estimate of drug-likeness (QED) is 0.464. The molecule has 1 aromatic carbocycles. The Morgan fingerprint density at radius 1 is 1.04 bits per heavy atom. The molecule has 1 atom stereocenters. The van der Waals surface area contributed by atoms with Crippen LogP contribution in [0.5, 0.6) is 0 Å². The number of benzene rings is 1. The summed E-state index contributed by atoms with van der Waals surface area (Å²) >= 11 is 18.6. The molecule has 0 saturated carbocycles. The van der Waals surface area contributed by atoms with Gasteiger partial charge < -0.3 is 4.74 Å². The standard InChI is InChI=1S/C18H19Cl3O.2C2H6/c1-3-18(15-8-7-14(19)10-17(15)21)22-11-13-6-4-5-12(2)9-16(13)20;2*1-2/h5-10,18H,3-4,11H2,1-2H3;2*1-2H3. The summed E-state index contributed by atoms with van der Waals surface area (Å²) in [6.45, 7) is 12.6. The van der Waals surface area contributed by atoms with Crippen molar-refractivity contribution in [3.8, 4) is 0 Å². The molecule has 0 radical (unpaired) electrons. The minimum absolute atomic E-state index is 0.0764. The fraction of sp³-hybridized carbons (Fsp3) is 0.455. The van der Waals surface area contributed by atoms with Crippen LogP contribution >= 0.6 is 34.8 Å². The molecule has 2 rings (SSSR count). The molecule has 1 aromatic rings. The van der Waals surface area contributed by atoms with E-state index in [2.05, 4.69) is 19.1 Å².